The Hall–Kier alpha value is -1.63. The van der Waals surface area contributed by atoms with Crippen LogP contribution in [0.5, 0.6) is 0 Å². The van der Waals surface area contributed by atoms with Gasteiger partial charge in [-0.15, -0.1) is 0 Å². The molecule has 0 spiro atoms. The van der Waals surface area contributed by atoms with Crippen molar-refractivity contribution in [3.05, 3.63) is 30.3 Å². The van der Waals surface area contributed by atoms with E-state index in [0.717, 1.165) is 77.5 Å². The van der Waals surface area contributed by atoms with Gasteiger partial charge < -0.3 is 25.1 Å². The van der Waals surface area contributed by atoms with Gasteiger partial charge in [0.2, 0.25) is 5.91 Å². The summed E-state index contributed by atoms with van der Waals surface area (Å²) in [4.78, 5) is 17.6. The number of hydrogen-bond acceptors (Lipinski definition) is 5. The van der Waals surface area contributed by atoms with Gasteiger partial charge in [0.1, 0.15) is 0 Å². The number of benzene rings is 1. The Balaban J connectivity index is 1.08. The molecule has 6 rings (SSSR count). The number of amides is 1. The van der Waals surface area contributed by atoms with E-state index in [1.807, 2.05) is 11.0 Å². The summed E-state index contributed by atoms with van der Waals surface area (Å²) in [7, 11) is 0. The van der Waals surface area contributed by atoms with Crippen molar-refractivity contribution in [3.8, 4) is 0 Å². The fraction of sp³-hybridized carbons (Fsp3) is 0.794. The lowest BCUT2D eigenvalue weighted by atomic mass is 9.43. The van der Waals surface area contributed by atoms with Crippen molar-refractivity contribution < 1.29 is 20.1 Å². The van der Waals surface area contributed by atoms with Crippen LogP contribution in [0.4, 0.5) is 5.69 Å². The van der Waals surface area contributed by atoms with Crippen molar-refractivity contribution in [2.45, 2.75) is 96.9 Å². The normalized spacial score (nSPS) is 44.0. The summed E-state index contributed by atoms with van der Waals surface area (Å²) in [5.41, 5.74) is 1.13. The monoisotopic (exact) mass is 552 g/mol. The molecule has 11 atom stereocenters. The van der Waals surface area contributed by atoms with E-state index in [4.69, 9.17) is 0 Å². The van der Waals surface area contributed by atoms with E-state index < -0.39 is 0 Å². The summed E-state index contributed by atoms with van der Waals surface area (Å²) in [6, 6.07) is 10.5. The minimum absolute atomic E-state index is 0.103. The van der Waals surface area contributed by atoms with E-state index in [-0.39, 0.29) is 41.0 Å². The van der Waals surface area contributed by atoms with Gasteiger partial charge in [0.15, 0.2) is 0 Å². The predicted molar refractivity (Wildman–Crippen MR) is 158 cm³/mol. The second-order valence-corrected chi connectivity index (χ2v) is 14.7. The highest BCUT2D eigenvalue weighted by atomic mass is 16.3. The summed E-state index contributed by atoms with van der Waals surface area (Å²) in [5, 5.41) is 33.7. The Labute approximate surface area is 241 Å². The van der Waals surface area contributed by atoms with Crippen molar-refractivity contribution in [1.29, 1.82) is 0 Å². The van der Waals surface area contributed by atoms with Crippen molar-refractivity contribution in [2.24, 2.45) is 46.3 Å². The molecule has 3 N–H and O–H groups in total. The van der Waals surface area contributed by atoms with Crippen molar-refractivity contribution in [3.63, 3.8) is 0 Å². The maximum atomic E-state index is 13.2. The van der Waals surface area contributed by atoms with Crippen molar-refractivity contribution >= 4 is 11.6 Å². The Morgan fingerprint density at radius 3 is 2.40 bits per heavy atom. The van der Waals surface area contributed by atoms with Gasteiger partial charge in [-0.05, 0) is 110 Å². The molecule has 222 valence electrons. The number of hydrogen-bond donors (Lipinski definition) is 3. The molecule has 1 aliphatic heterocycles. The number of aliphatic hydroxyl groups is 3. The number of para-hydroxylation sites is 1. The molecule has 1 amide bonds. The Bertz CT molecular complexity index is 1040. The van der Waals surface area contributed by atoms with Crippen LogP contribution in [-0.2, 0) is 4.79 Å². The molecule has 1 aromatic carbocycles. The first kappa shape index (κ1) is 28.5. The van der Waals surface area contributed by atoms with Gasteiger partial charge in [0, 0.05) is 38.3 Å². The number of rotatable bonds is 5. The summed E-state index contributed by atoms with van der Waals surface area (Å²) < 4.78 is 0. The van der Waals surface area contributed by atoms with Crippen LogP contribution in [0, 0.1) is 46.3 Å². The number of carbonyl (C=O) groups is 1. The molecule has 6 heteroatoms. The van der Waals surface area contributed by atoms with Crippen LogP contribution in [-0.4, -0.2) is 70.6 Å². The third-order valence-corrected chi connectivity index (χ3v) is 13.1. The molecule has 1 saturated heterocycles. The van der Waals surface area contributed by atoms with Crippen LogP contribution in [0.3, 0.4) is 0 Å². The minimum atomic E-state index is -0.370. The van der Waals surface area contributed by atoms with Crippen LogP contribution >= 0.6 is 0 Å². The highest BCUT2D eigenvalue weighted by Crippen LogP contribution is 2.68. The molecule has 11 unspecified atom stereocenters. The minimum Gasteiger partial charge on any atom is -0.393 e. The first-order valence-corrected chi connectivity index (χ1v) is 16.2. The number of nitrogens with zero attached hydrogens (tertiary/aromatic N) is 2. The summed E-state index contributed by atoms with van der Waals surface area (Å²) in [6.45, 7) is 10.3. The zero-order chi connectivity index (χ0) is 28.2. The Morgan fingerprint density at radius 2 is 1.68 bits per heavy atom. The average Bonchev–Trinajstić information content (AvgIpc) is 3.32. The molecule has 1 heterocycles. The molecule has 0 radical (unpaired) electrons. The fourth-order valence-electron chi connectivity index (χ4n) is 10.7. The van der Waals surface area contributed by atoms with Crippen LogP contribution in [0.15, 0.2) is 30.3 Å². The quantitative estimate of drug-likeness (QED) is 0.493. The molecule has 40 heavy (non-hydrogen) atoms. The predicted octanol–water partition coefficient (Wildman–Crippen LogP) is 4.71. The van der Waals surface area contributed by atoms with E-state index in [9.17, 15) is 20.1 Å². The first-order valence-electron chi connectivity index (χ1n) is 16.2. The van der Waals surface area contributed by atoms with Crippen LogP contribution in [0.25, 0.3) is 0 Å². The highest BCUT2D eigenvalue weighted by Gasteiger charge is 2.65. The molecular weight excluding hydrogens is 500 g/mol. The third kappa shape index (κ3) is 4.70. The van der Waals surface area contributed by atoms with Gasteiger partial charge in [-0.25, -0.2) is 0 Å². The van der Waals surface area contributed by atoms with Crippen LogP contribution in [0.2, 0.25) is 0 Å². The molecule has 6 nitrogen and oxygen atoms in total. The average molecular weight is 553 g/mol. The van der Waals surface area contributed by atoms with Crippen LogP contribution < -0.4 is 4.90 Å². The maximum Gasteiger partial charge on any atom is 0.222 e. The Kier molecular flexibility index (Phi) is 7.76. The van der Waals surface area contributed by atoms with Crippen LogP contribution in [0.1, 0.15) is 78.6 Å². The second kappa shape index (κ2) is 10.9. The first-order chi connectivity index (χ1) is 19.1. The van der Waals surface area contributed by atoms with Crippen molar-refractivity contribution in [1.82, 2.24) is 4.90 Å². The van der Waals surface area contributed by atoms with E-state index >= 15 is 0 Å². The van der Waals surface area contributed by atoms with E-state index in [1.165, 1.54) is 5.69 Å². The molecule has 1 aromatic rings. The lowest BCUT2D eigenvalue weighted by molar-refractivity contribution is -0.207. The molecule has 0 bridgehead atoms. The van der Waals surface area contributed by atoms with Crippen molar-refractivity contribution in [2.75, 3.05) is 31.1 Å². The lowest BCUT2D eigenvalue weighted by Crippen LogP contribution is -2.62. The molecular formula is C34H52N2O4. The number of carbonyl (C=O) groups excluding carboxylic acids is 1. The van der Waals surface area contributed by atoms with Gasteiger partial charge in [0.05, 0.1) is 18.3 Å². The SMILES string of the molecule is CC(CCC(=O)N1CCN(c2ccccc2)CC1)C1CCC2C3C(O)CC4CC(O)CCC4(C)C3CC(O)C12C. The summed E-state index contributed by atoms with van der Waals surface area (Å²) in [5.74, 6) is 2.25. The largest absolute Gasteiger partial charge is 0.393 e. The number of piperazine rings is 1. The van der Waals surface area contributed by atoms with Gasteiger partial charge in [-0.2, -0.15) is 0 Å². The molecule has 0 aromatic heterocycles. The van der Waals surface area contributed by atoms with Gasteiger partial charge in [-0.3, -0.25) is 4.79 Å². The zero-order valence-corrected chi connectivity index (χ0v) is 24.9. The highest BCUT2D eigenvalue weighted by molar-refractivity contribution is 5.76. The van der Waals surface area contributed by atoms with Gasteiger partial charge in [0.25, 0.3) is 0 Å². The van der Waals surface area contributed by atoms with Gasteiger partial charge in [-0.1, -0.05) is 39.0 Å². The standard InChI is InChI=1S/C34H52N2O4/c1-22(9-12-31(40)36-17-15-35(16-18-36)24-7-5-4-6-8-24)26-10-11-27-32-28(21-30(39)34(26,27)3)33(2)14-13-25(37)19-23(33)20-29(32)38/h4-8,22-23,25-30,32,37-39H,9-21H2,1-3H3. The summed E-state index contributed by atoms with van der Waals surface area (Å²) in [6.07, 6.45) is 6.86. The van der Waals surface area contributed by atoms with E-state index in [2.05, 4.69) is 49.9 Å². The molecule has 5 aliphatic rings. The summed E-state index contributed by atoms with van der Waals surface area (Å²) >= 11 is 0. The number of fused-ring (bicyclic) bond motifs is 5. The lowest BCUT2D eigenvalue weighted by Gasteiger charge is -2.63. The molecule has 4 saturated carbocycles. The zero-order valence-electron chi connectivity index (χ0n) is 24.9. The maximum absolute atomic E-state index is 13.2. The van der Waals surface area contributed by atoms with E-state index in [1.54, 1.807) is 0 Å². The third-order valence-electron chi connectivity index (χ3n) is 13.1. The van der Waals surface area contributed by atoms with Gasteiger partial charge >= 0.3 is 0 Å². The molecule has 5 fully saturated rings. The second-order valence-electron chi connectivity index (χ2n) is 14.7. The Morgan fingerprint density at radius 1 is 0.950 bits per heavy atom. The fourth-order valence-corrected chi connectivity index (χ4v) is 10.7. The topological polar surface area (TPSA) is 84.2 Å². The van der Waals surface area contributed by atoms with E-state index in [0.29, 0.717) is 36.0 Å². The smallest absolute Gasteiger partial charge is 0.222 e. The molecule has 4 aliphatic carbocycles. The number of aliphatic hydroxyl groups excluding tert-OH is 3. The number of anilines is 1.